The number of aliphatic hydroxyl groups is 11. The molecule has 17 atom stereocenters. The van der Waals surface area contributed by atoms with Gasteiger partial charge in [0.15, 0.2) is 18.9 Å². The molecule has 3 aliphatic rings. The topological polar surface area (TPSA) is 307 Å². The van der Waals surface area contributed by atoms with Crippen LogP contribution >= 0.6 is 0 Å². The third kappa shape index (κ3) is 39.1. The Morgan fingerprint density at radius 2 is 0.722 bits per heavy atom. The fourth-order valence-corrected chi connectivity index (χ4v) is 12.3. The van der Waals surface area contributed by atoms with Crippen molar-refractivity contribution in [2.75, 3.05) is 26.4 Å². The van der Waals surface area contributed by atoms with E-state index in [4.69, 9.17) is 28.4 Å². The second-order valence-corrected chi connectivity index (χ2v) is 26.7. The Hall–Kier alpha value is -3.29. The molecule has 1 amide bonds. The lowest BCUT2D eigenvalue weighted by molar-refractivity contribution is -0.379. The fourth-order valence-electron chi connectivity index (χ4n) is 12.3. The van der Waals surface area contributed by atoms with Gasteiger partial charge < -0.3 is 89.9 Å². The van der Waals surface area contributed by atoms with Crippen molar-refractivity contribution in [3.05, 3.63) is 97.2 Å². The van der Waals surface area contributed by atoms with E-state index in [0.717, 1.165) is 103 Å². The molecule has 97 heavy (non-hydrogen) atoms. The number of carbonyl (C=O) groups excluding carboxylic acids is 1. The summed E-state index contributed by atoms with van der Waals surface area (Å²) in [5, 5.41) is 121. The van der Waals surface area contributed by atoms with E-state index < -0.39 is 124 Å². The van der Waals surface area contributed by atoms with E-state index in [2.05, 4.69) is 104 Å². The van der Waals surface area contributed by atoms with Crippen molar-refractivity contribution in [3.63, 3.8) is 0 Å². The van der Waals surface area contributed by atoms with Gasteiger partial charge in [-0.1, -0.05) is 265 Å². The van der Waals surface area contributed by atoms with E-state index in [1.807, 2.05) is 6.08 Å². The molecule has 17 unspecified atom stereocenters. The molecule has 0 saturated carbocycles. The highest BCUT2D eigenvalue weighted by Crippen LogP contribution is 2.33. The zero-order chi connectivity index (χ0) is 70.4. The Kier molecular flexibility index (Phi) is 52.8. The van der Waals surface area contributed by atoms with Gasteiger partial charge in [0.1, 0.15) is 73.2 Å². The Morgan fingerprint density at radius 3 is 1.15 bits per heavy atom. The van der Waals surface area contributed by atoms with Gasteiger partial charge in [-0.15, -0.1) is 0 Å². The second kappa shape index (κ2) is 58.2. The molecule has 3 fully saturated rings. The van der Waals surface area contributed by atoms with Crippen molar-refractivity contribution in [1.29, 1.82) is 0 Å². The molecular formula is C78H135NO18. The first-order valence-electron chi connectivity index (χ1n) is 38.0. The number of hydrogen-bond donors (Lipinski definition) is 12. The minimum absolute atomic E-state index is 0.220. The molecule has 0 bridgehead atoms. The largest absolute Gasteiger partial charge is 0.394 e. The average Bonchev–Trinajstić information content (AvgIpc) is 0.790. The van der Waals surface area contributed by atoms with Gasteiger partial charge in [0.25, 0.3) is 0 Å². The van der Waals surface area contributed by atoms with Crippen LogP contribution in [-0.2, 0) is 33.2 Å². The number of allylic oxidation sites excluding steroid dienone is 15. The first-order valence-corrected chi connectivity index (χ1v) is 38.0. The van der Waals surface area contributed by atoms with E-state index in [0.29, 0.717) is 12.8 Å². The Bertz CT molecular complexity index is 2130. The van der Waals surface area contributed by atoms with Gasteiger partial charge in [-0.05, 0) is 83.5 Å². The lowest BCUT2D eigenvalue weighted by Crippen LogP contribution is -2.66. The molecule has 0 aromatic carbocycles. The third-order valence-electron chi connectivity index (χ3n) is 18.4. The highest BCUT2D eigenvalue weighted by Gasteiger charge is 2.53. The molecule has 3 heterocycles. The maximum atomic E-state index is 13.4. The summed E-state index contributed by atoms with van der Waals surface area (Å²) in [4.78, 5) is 13.4. The SMILES string of the molecule is CC/C=C\C/C=C\C/C=C\C/C=C\C/C=C\C/C=C\CCCCCCCCCCC(=O)NC(COC1OC(CO)C(OC2OC(CO)C(OC3OC(CO)C(O)C(O)C3O)C(O)C2O)C(O)C1O)C(O)/C=C/CC/C=C/CCCCCCCCCCCCCCCCCCCCC. The van der Waals surface area contributed by atoms with E-state index in [1.54, 1.807) is 6.08 Å². The summed E-state index contributed by atoms with van der Waals surface area (Å²) >= 11 is 0. The lowest BCUT2D eigenvalue weighted by Gasteiger charge is -2.48. The fraction of sp³-hybridized carbons (Fsp3) is 0.782. The van der Waals surface area contributed by atoms with Crippen LogP contribution in [0.3, 0.4) is 0 Å². The van der Waals surface area contributed by atoms with Crippen LogP contribution in [0.25, 0.3) is 0 Å². The van der Waals surface area contributed by atoms with Gasteiger partial charge in [0.2, 0.25) is 5.91 Å². The van der Waals surface area contributed by atoms with Gasteiger partial charge in [0, 0.05) is 6.42 Å². The standard InChI is InChI=1S/C78H135NO18/c1-3-5-7-9-11-13-15-17-19-21-23-25-27-29-30-32-34-36-38-40-42-44-46-48-50-52-54-56-66(84)79-61(62(83)55-53-51-49-47-45-43-41-39-37-35-33-31-28-26-24-22-20-18-16-14-12-10-8-6-4-2)60-92-76-72(90)69(87)74(64(58-81)94-76)97-78-73(91)70(88)75(65(59-82)95-78)96-77-71(89)68(86)67(85)63(57-80)93-77/h5,7,11,13,17,19,23,25,29-30,34,36,45,47,53,55,61-65,67-78,80-83,85-91H,3-4,6,8-10,12,14-16,18,20-22,24,26-28,31-33,35,37-44,46,48-52,54,56-60H2,1-2H3,(H,79,84)/b7-5-,13-11-,19-17-,25-23-,30-29-,36-34-,47-45+,55-53+. The molecule has 19 heteroatoms. The van der Waals surface area contributed by atoms with Crippen molar-refractivity contribution < 1.29 is 89.4 Å². The van der Waals surface area contributed by atoms with Gasteiger partial charge in [-0.2, -0.15) is 0 Å². The minimum atomic E-state index is -1.99. The number of rotatable bonds is 58. The third-order valence-corrected chi connectivity index (χ3v) is 18.4. The van der Waals surface area contributed by atoms with Gasteiger partial charge in [-0.3, -0.25) is 4.79 Å². The maximum Gasteiger partial charge on any atom is 0.220 e. The average molecular weight is 1370 g/mol. The molecular weight excluding hydrogens is 1240 g/mol. The van der Waals surface area contributed by atoms with Crippen molar-refractivity contribution in [2.45, 2.75) is 362 Å². The summed E-state index contributed by atoms with van der Waals surface area (Å²) in [5.74, 6) is -0.296. The predicted molar refractivity (Wildman–Crippen MR) is 383 cm³/mol. The molecule has 0 aliphatic carbocycles. The summed E-state index contributed by atoms with van der Waals surface area (Å²) in [7, 11) is 0. The van der Waals surface area contributed by atoms with Crippen LogP contribution in [0, 0.1) is 0 Å². The maximum absolute atomic E-state index is 13.4. The number of nitrogens with one attached hydrogen (secondary N) is 1. The van der Waals surface area contributed by atoms with Crippen molar-refractivity contribution in [1.82, 2.24) is 5.32 Å². The van der Waals surface area contributed by atoms with E-state index in [1.165, 1.54) is 122 Å². The molecule has 12 N–H and O–H groups in total. The van der Waals surface area contributed by atoms with Crippen molar-refractivity contribution in [3.8, 4) is 0 Å². The predicted octanol–water partition coefficient (Wildman–Crippen LogP) is 11.6. The molecule has 19 nitrogen and oxygen atoms in total. The van der Waals surface area contributed by atoms with Gasteiger partial charge in [-0.25, -0.2) is 0 Å². The second-order valence-electron chi connectivity index (χ2n) is 26.7. The quantitative estimate of drug-likeness (QED) is 0.0199. The molecule has 0 radical (unpaired) electrons. The molecule has 3 rings (SSSR count). The summed E-state index contributed by atoms with van der Waals surface area (Å²) in [6.45, 7) is 1.61. The smallest absolute Gasteiger partial charge is 0.220 e. The number of amides is 1. The van der Waals surface area contributed by atoms with Crippen LogP contribution < -0.4 is 5.32 Å². The van der Waals surface area contributed by atoms with Crippen LogP contribution in [0.5, 0.6) is 0 Å². The van der Waals surface area contributed by atoms with E-state index >= 15 is 0 Å². The molecule has 0 aromatic rings. The van der Waals surface area contributed by atoms with E-state index in [9.17, 15) is 61.0 Å². The van der Waals surface area contributed by atoms with Crippen LogP contribution in [0.1, 0.15) is 258 Å². The van der Waals surface area contributed by atoms with Crippen molar-refractivity contribution >= 4 is 5.91 Å². The highest BCUT2D eigenvalue weighted by atomic mass is 16.8. The molecule has 560 valence electrons. The molecule has 3 saturated heterocycles. The number of aliphatic hydroxyl groups excluding tert-OH is 11. The first kappa shape index (κ1) is 87.9. The van der Waals surface area contributed by atoms with Crippen LogP contribution in [0.15, 0.2) is 97.2 Å². The molecule has 0 aromatic heterocycles. The normalized spacial score (nSPS) is 27.5. The number of carbonyl (C=O) groups is 1. The Morgan fingerprint density at radius 1 is 0.381 bits per heavy atom. The molecule has 3 aliphatic heterocycles. The zero-order valence-corrected chi connectivity index (χ0v) is 59.5. The van der Waals surface area contributed by atoms with Gasteiger partial charge >= 0.3 is 0 Å². The lowest BCUT2D eigenvalue weighted by atomic mass is 9.96. The summed E-state index contributed by atoms with van der Waals surface area (Å²) in [6.07, 6.45) is 50.9. The summed E-state index contributed by atoms with van der Waals surface area (Å²) in [5.41, 5.74) is 0. The Balaban J connectivity index is 1.43. The van der Waals surface area contributed by atoms with Crippen molar-refractivity contribution in [2.24, 2.45) is 0 Å². The van der Waals surface area contributed by atoms with Gasteiger partial charge in [0.05, 0.1) is 38.6 Å². The highest BCUT2D eigenvalue weighted by molar-refractivity contribution is 5.76. The minimum Gasteiger partial charge on any atom is -0.394 e. The summed E-state index contributed by atoms with van der Waals surface area (Å²) in [6, 6.07) is -1.00. The summed E-state index contributed by atoms with van der Waals surface area (Å²) < 4.78 is 34.4. The first-order chi connectivity index (χ1) is 47.3. The van der Waals surface area contributed by atoms with E-state index in [-0.39, 0.29) is 18.9 Å². The van der Waals surface area contributed by atoms with Crippen LogP contribution in [0.2, 0.25) is 0 Å². The zero-order valence-electron chi connectivity index (χ0n) is 59.5. The Labute approximate surface area is 583 Å². The number of hydrogen-bond acceptors (Lipinski definition) is 18. The van der Waals surface area contributed by atoms with Crippen LogP contribution in [0.4, 0.5) is 0 Å². The number of unbranched alkanes of at least 4 members (excludes halogenated alkanes) is 28. The monoisotopic (exact) mass is 1370 g/mol. The molecule has 0 spiro atoms. The number of ether oxygens (including phenoxy) is 6. The van der Waals surface area contributed by atoms with Crippen LogP contribution in [-0.4, -0.2) is 193 Å².